The molecule has 0 aliphatic carbocycles. The molecule has 7 heteroatoms. The summed E-state index contributed by atoms with van der Waals surface area (Å²) in [6.07, 6.45) is 1.56. The second-order valence-electron chi connectivity index (χ2n) is 4.64. The highest BCUT2D eigenvalue weighted by molar-refractivity contribution is 5.55. The Bertz CT molecular complexity index is 833. The first-order valence-corrected chi connectivity index (χ1v) is 6.70. The van der Waals surface area contributed by atoms with Gasteiger partial charge in [-0.3, -0.25) is 10.1 Å². The molecule has 0 aliphatic heterocycles. The molecule has 0 aliphatic rings. The van der Waals surface area contributed by atoms with E-state index in [-0.39, 0.29) is 23.9 Å². The first kappa shape index (κ1) is 14.7. The molecule has 0 unspecified atom stereocenters. The second kappa shape index (κ2) is 6.27. The minimum Gasteiger partial charge on any atom is -0.481 e. The topological polar surface area (TPSA) is 78.4 Å². The van der Waals surface area contributed by atoms with Crippen molar-refractivity contribution >= 4 is 5.69 Å². The number of nitro benzene ring substituents is 1. The van der Waals surface area contributed by atoms with E-state index in [0.717, 1.165) is 11.6 Å². The fraction of sp³-hybridized carbons (Fsp3) is 0.0625. The lowest BCUT2D eigenvalue weighted by Gasteiger charge is -2.04. The van der Waals surface area contributed by atoms with Crippen LogP contribution in [0.5, 0.6) is 5.75 Å². The molecule has 0 atom stereocenters. The summed E-state index contributed by atoms with van der Waals surface area (Å²) in [5.74, 6) is -0.0564. The van der Waals surface area contributed by atoms with Crippen molar-refractivity contribution < 1.29 is 18.5 Å². The van der Waals surface area contributed by atoms with Gasteiger partial charge < -0.3 is 9.15 Å². The average Bonchev–Trinajstić information content (AvgIpc) is 3.03. The third-order valence-corrected chi connectivity index (χ3v) is 3.09. The van der Waals surface area contributed by atoms with Crippen LogP contribution < -0.4 is 4.74 Å². The third-order valence-electron chi connectivity index (χ3n) is 3.09. The molecule has 0 radical (unpaired) electrons. The first-order chi connectivity index (χ1) is 11.1. The zero-order valence-electron chi connectivity index (χ0n) is 11.8. The number of hydrogen-bond acceptors (Lipinski definition) is 5. The molecular weight excluding hydrogens is 303 g/mol. The van der Waals surface area contributed by atoms with E-state index in [2.05, 4.69) is 4.98 Å². The van der Waals surface area contributed by atoms with Crippen LogP contribution in [0.15, 0.2) is 59.1 Å². The fourth-order valence-electron chi connectivity index (χ4n) is 1.97. The van der Waals surface area contributed by atoms with Gasteiger partial charge in [0.2, 0.25) is 5.89 Å². The Labute approximate surface area is 130 Å². The molecule has 0 N–H and O–H groups in total. The highest BCUT2D eigenvalue weighted by Crippen LogP contribution is 2.24. The molecule has 0 amide bonds. The van der Waals surface area contributed by atoms with E-state index in [4.69, 9.17) is 9.15 Å². The monoisotopic (exact) mass is 314 g/mol. The van der Waals surface area contributed by atoms with Crippen LogP contribution in [0.3, 0.4) is 0 Å². The Morgan fingerprint density at radius 2 is 2.00 bits per heavy atom. The lowest BCUT2D eigenvalue weighted by atomic mass is 10.2. The fourth-order valence-corrected chi connectivity index (χ4v) is 1.97. The SMILES string of the molecule is O=[N+]([O-])c1ccc(OCc2ncc(-c3ccccc3)o2)c(F)c1. The maximum atomic E-state index is 13.7. The zero-order chi connectivity index (χ0) is 16.2. The normalized spacial score (nSPS) is 10.5. The van der Waals surface area contributed by atoms with Crippen LogP contribution in [0, 0.1) is 15.9 Å². The zero-order valence-corrected chi connectivity index (χ0v) is 11.8. The summed E-state index contributed by atoms with van der Waals surface area (Å²) in [5.41, 5.74) is 0.533. The summed E-state index contributed by atoms with van der Waals surface area (Å²) in [5, 5.41) is 10.6. The molecule has 0 spiro atoms. The smallest absolute Gasteiger partial charge is 0.272 e. The van der Waals surface area contributed by atoms with E-state index in [0.29, 0.717) is 5.76 Å². The first-order valence-electron chi connectivity index (χ1n) is 6.70. The number of ether oxygens (including phenoxy) is 1. The average molecular weight is 314 g/mol. The van der Waals surface area contributed by atoms with Gasteiger partial charge in [-0.1, -0.05) is 30.3 Å². The van der Waals surface area contributed by atoms with Gasteiger partial charge in [-0.25, -0.2) is 9.37 Å². The maximum absolute atomic E-state index is 13.7. The molecule has 0 saturated carbocycles. The summed E-state index contributed by atoms with van der Waals surface area (Å²) in [6.45, 7) is -0.0818. The molecule has 6 nitrogen and oxygen atoms in total. The molecule has 1 aromatic heterocycles. The maximum Gasteiger partial charge on any atom is 0.272 e. The number of nitro groups is 1. The van der Waals surface area contributed by atoms with Crippen LogP contribution in [0.4, 0.5) is 10.1 Å². The Kier molecular flexibility index (Phi) is 4.01. The van der Waals surface area contributed by atoms with Crippen LogP contribution >= 0.6 is 0 Å². The number of halogens is 1. The molecule has 3 rings (SSSR count). The van der Waals surface area contributed by atoms with Crippen molar-refractivity contribution in [3.8, 4) is 17.1 Å². The number of benzene rings is 2. The van der Waals surface area contributed by atoms with E-state index >= 15 is 0 Å². The number of oxazole rings is 1. The molecule has 0 saturated heterocycles. The van der Waals surface area contributed by atoms with Crippen molar-refractivity contribution in [1.29, 1.82) is 0 Å². The summed E-state index contributed by atoms with van der Waals surface area (Å²) < 4.78 is 24.5. The number of hydrogen-bond donors (Lipinski definition) is 0. The molecule has 116 valence electrons. The molecule has 0 fully saturated rings. The highest BCUT2D eigenvalue weighted by Gasteiger charge is 2.13. The Morgan fingerprint density at radius 3 is 2.70 bits per heavy atom. The summed E-state index contributed by atoms with van der Waals surface area (Å²) in [4.78, 5) is 13.9. The number of aromatic nitrogens is 1. The second-order valence-corrected chi connectivity index (χ2v) is 4.64. The summed E-state index contributed by atoms with van der Waals surface area (Å²) in [6, 6.07) is 12.6. The van der Waals surface area contributed by atoms with Crippen LogP contribution in [0.2, 0.25) is 0 Å². The van der Waals surface area contributed by atoms with Crippen molar-refractivity contribution in [3.63, 3.8) is 0 Å². The van der Waals surface area contributed by atoms with Crippen LogP contribution in [-0.2, 0) is 6.61 Å². The van der Waals surface area contributed by atoms with Crippen molar-refractivity contribution in [3.05, 3.63) is 76.6 Å². The van der Waals surface area contributed by atoms with Crippen LogP contribution in [-0.4, -0.2) is 9.91 Å². The number of nitrogens with zero attached hydrogens (tertiary/aromatic N) is 2. The van der Waals surface area contributed by atoms with Gasteiger partial charge in [-0.05, 0) is 6.07 Å². The molecular formula is C16H11FN2O4. The van der Waals surface area contributed by atoms with E-state index in [1.54, 1.807) is 6.20 Å². The van der Waals surface area contributed by atoms with E-state index in [9.17, 15) is 14.5 Å². The highest BCUT2D eigenvalue weighted by atomic mass is 19.1. The van der Waals surface area contributed by atoms with Gasteiger partial charge in [-0.2, -0.15) is 0 Å². The summed E-state index contributed by atoms with van der Waals surface area (Å²) >= 11 is 0. The van der Waals surface area contributed by atoms with Gasteiger partial charge in [-0.15, -0.1) is 0 Å². The molecule has 3 aromatic rings. The van der Waals surface area contributed by atoms with Crippen LogP contribution in [0.25, 0.3) is 11.3 Å². The largest absolute Gasteiger partial charge is 0.481 e. The lowest BCUT2D eigenvalue weighted by molar-refractivity contribution is -0.385. The number of rotatable bonds is 5. The van der Waals surface area contributed by atoms with Crippen molar-refractivity contribution in [2.75, 3.05) is 0 Å². The van der Waals surface area contributed by atoms with Crippen molar-refractivity contribution in [2.45, 2.75) is 6.61 Å². The minimum atomic E-state index is -0.811. The van der Waals surface area contributed by atoms with E-state index in [1.807, 2.05) is 30.3 Å². The van der Waals surface area contributed by atoms with Crippen LogP contribution in [0.1, 0.15) is 5.89 Å². The Hall–Kier alpha value is -3.22. The van der Waals surface area contributed by atoms with Gasteiger partial charge >= 0.3 is 0 Å². The molecule has 1 heterocycles. The van der Waals surface area contributed by atoms with Crippen molar-refractivity contribution in [2.24, 2.45) is 0 Å². The van der Waals surface area contributed by atoms with Gasteiger partial charge in [0.05, 0.1) is 17.2 Å². The quantitative estimate of drug-likeness (QED) is 0.526. The van der Waals surface area contributed by atoms with Gasteiger partial charge in [0.25, 0.3) is 5.69 Å². The Balaban J connectivity index is 1.70. The Morgan fingerprint density at radius 1 is 1.22 bits per heavy atom. The van der Waals surface area contributed by atoms with Crippen molar-refractivity contribution in [1.82, 2.24) is 4.98 Å². The van der Waals surface area contributed by atoms with Gasteiger partial charge in [0.15, 0.2) is 23.9 Å². The van der Waals surface area contributed by atoms with E-state index in [1.165, 1.54) is 12.1 Å². The van der Waals surface area contributed by atoms with E-state index < -0.39 is 10.7 Å². The standard InChI is InChI=1S/C16H11FN2O4/c17-13-8-12(19(20)21)6-7-14(13)22-10-16-18-9-15(23-16)11-4-2-1-3-5-11/h1-9H,10H2. The van der Waals surface area contributed by atoms with Gasteiger partial charge in [0, 0.05) is 11.6 Å². The number of non-ortho nitro benzene ring substituents is 1. The summed E-state index contributed by atoms with van der Waals surface area (Å²) in [7, 11) is 0. The predicted molar refractivity (Wildman–Crippen MR) is 79.3 cm³/mol. The molecule has 23 heavy (non-hydrogen) atoms. The predicted octanol–water partition coefficient (Wildman–Crippen LogP) is 3.97. The molecule has 0 bridgehead atoms. The third kappa shape index (κ3) is 3.34. The molecule has 2 aromatic carbocycles. The van der Waals surface area contributed by atoms with Gasteiger partial charge in [0.1, 0.15) is 0 Å². The lowest BCUT2D eigenvalue weighted by Crippen LogP contribution is -1.98. The minimum absolute atomic E-state index is 0.0818.